The lowest BCUT2D eigenvalue weighted by Crippen LogP contribution is -2.60. The maximum Gasteiger partial charge on any atom is 0.303 e. The minimum absolute atomic E-state index is 0.0245. The Labute approximate surface area is 209 Å². The number of likely N-dealkylation sites (tertiary alicyclic amines) is 1. The van der Waals surface area contributed by atoms with Crippen LogP contribution >= 0.6 is 11.6 Å². The van der Waals surface area contributed by atoms with E-state index in [9.17, 15) is 19.1 Å². The van der Waals surface area contributed by atoms with E-state index in [0.29, 0.717) is 31.7 Å². The zero-order chi connectivity index (χ0) is 24.8. The molecular weight excluding hydrogens is 473 g/mol. The molecule has 0 saturated carbocycles. The number of fused-ring (bicyclic) bond motifs is 3. The van der Waals surface area contributed by atoms with E-state index in [-0.39, 0.29) is 41.4 Å². The van der Waals surface area contributed by atoms with Crippen LogP contribution in [0.25, 0.3) is 0 Å². The Morgan fingerprint density at radius 3 is 2.80 bits per heavy atom. The summed E-state index contributed by atoms with van der Waals surface area (Å²) >= 11 is 6.19. The molecule has 2 aromatic rings. The van der Waals surface area contributed by atoms with Crippen LogP contribution in [-0.2, 0) is 20.7 Å². The summed E-state index contributed by atoms with van der Waals surface area (Å²) in [6.07, 6.45) is 2.16. The topological polar surface area (TPSA) is 76.1 Å². The number of carboxylic acids is 1. The third kappa shape index (κ3) is 4.29. The van der Waals surface area contributed by atoms with Crippen molar-refractivity contribution >= 4 is 23.5 Å². The second-order valence-corrected chi connectivity index (χ2v) is 10.5. The van der Waals surface area contributed by atoms with Gasteiger partial charge in [0, 0.05) is 35.0 Å². The first-order valence-corrected chi connectivity index (χ1v) is 12.4. The van der Waals surface area contributed by atoms with E-state index in [1.54, 1.807) is 6.07 Å². The Balaban J connectivity index is 1.45. The quantitative estimate of drug-likeness (QED) is 0.611. The summed E-state index contributed by atoms with van der Waals surface area (Å²) in [5.74, 6) is -0.975. The summed E-state index contributed by atoms with van der Waals surface area (Å²) in [4.78, 5) is 26.7. The van der Waals surface area contributed by atoms with Gasteiger partial charge in [-0.1, -0.05) is 35.9 Å². The normalized spacial score (nSPS) is 29.4. The number of hydrogen-bond acceptors (Lipinski definition) is 4. The molecule has 2 saturated heterocycles. The number of hydrogen-bond donors (Lipinski definition) is 1. The number of benzene rings is 2. The van der Waals surface area contributed by atoms with Crippen LogP contribution in [0, 0.1) is 11.7 Å². The van der Waals surface area contributed by atoms with Crippen molar-refractivity contribution in [2.75, 3.05) is 13.2 Å². The van der Waals surface area contributed by atoms with E-state index < -0.39 is 22.9 Å². The number of amides is 1. The molecule has 0 bridgehead atoms. The van der Waals surface area contributed by atoms with Gasteiger partial charge in [0.25, 0.3) is 0 Å². The number of nitrogens with zero attached hydrogens (tertiary/aromatic N) is 1. The summed E-state index contributed by atoms with van der Waals surface area (Å²) in [6, 6.07) is 12.1. The molecule has 3 aliphatic heterocycles. The number of aliphatic carboxylic acids is 1. The molecule has 0 aliphatic carbocycles. The molecule has 4 atom stereocenters. The van der Waals surface area contributed by atoms with Crippen LogP contribution in [0.3, 0.4) is 0 Å². The number of carbonyl (C=O) groups is 2. The molecule has 5 rings (SSSR count). The van der Waals surface area contributed by atoms with E-state index >= 15 is 0 Å². The van der Waals surface area contributed by atoms with E-state index in [0.717, 1.165) is 18.4 Å². The third-order valence-electron chi connectivity index (χ3n) is 7.97. The molecule has 186 valence electrons. The van der Waals surface area contributed by atoms with Crippen LogP contribution in [0.4, 0.5) is 4.39 Å². The largest absolute Gasteiger partial charge is 0.487 e. The molecule has 0 radical (unpaired) electrons. The van der Waals surface area contributed by atoms with Crippen molar-refractivity contribution in [2.24, 2.45) is 5.92 Å². The molecule has 2 aromatic carbocycles. The third-order valence-corrected chi connectivity index (χ3v) is 8.33. The molecule has 2 fully saturated rings. The Morgan fingerprint density at radius 1 is 1.23 bits per heavy atom. The fraction of sp³-hybridized carbons (Fsp3) is 0.481. The molecule has 0 aromatic heterocycles. The smallest absolute Gasteiger partial charge is 0.303 e. The van der Waals surface area contributed by atoms with Crippen molar-refractivity contribution in [3.8, 4) is 5.75 Å². The molecular formula is C27H29ClFNO5. The van der Waals surface area contributed by atoms with Gasteiger partial charge in [0.1, 0.15) is 17.2 Å². The van der Waals surface area contributed by atoms with E-state index in [1.165, 1.54) is 12.1 Å². The highest BCUT2D eigenvalue weighted by molar-refractivity contribution is 6.31. The highest BCUT2D eigenvalue weighted by Crippen LogP contribution is 2.55. The predicted molar refractivity (Wildman–Crippen MR) is 128 cm³/mol. The number of carboxylic acid groups (broad SMARTS) is 1. The number of ether oxygens (including phenoxy) is 2. The van der Waals surface area contributed by atoms with Crippen molar-refractivity contribution in [2.45, 2.75) is 62.7 Å². The van der Waals surface area contributed by atoms with E-state index in [4.69, 9.17) is 21.1 Å². The fourth-order valence-corrected chi connectivity index (χ4v) is 6.37. The lowest BCUT2D eigenvalue weighted by Gasteiger charge is -2.54. The van der Waals surface area contributed by atoms with Crippen LogP contribution < -0.4 is 4.74 Å². The first-order chi connectivity index (χ1) is 16.7. The van der Waals surface area contributed by atoms with Crippen molar-refractivity contribution < 1.29 is 28.6 Å². The van der Waals surface area contributed by atoms with Gasteiger partial charge in [-0.2, -0.15) is 0 Å². The van der Waals surface area contributed by atoms with Gasteiger partial charge in [-0.3, -0.25) is 9.59 Å². The second-order valence-electron chi connectivity index (χ2n) is 10.1. The molecule has 8 heteroatoms. The number of para-hydroxylation sites is 1. The first-order valence-electron chi connectivity index (χ1n) is 12.1. The standard InChI is InChI=1S/C27H29ClFNO5/c1-26(12-10-24(32)33)19-15-27(16-34-25(19)17-6-2-3-9-22(17)35-26)11-5-13-30(27)23(31)14-18-20(28)7-4-8-21(18)29/h2-4,6-9,19,25H,5,10-16H2,1H3,(H,32,33)/t19-,25+,26+,27+/m1/s1. The molecule has 1 spiro atoms. The van der Waals surface area contributed by atoms with Crippen LogP contribution in [0.15, 0.2) is 42.5 Å². The SMILES string of the molecule is C[C@@]1(CCC(=O)O)Oc2ccccc2[C@@H]2OC[C@]3(CCCN3C(=O)Cc3c(F)cccc3Cl)C[C@H]21. The van der Waals surface area contributed by atoms with E-state index in [1.807, 2.05) is 36.1 Å². The average Bonchev–Trinajstić information content (AvgIpc) is 3.23. The van der Waals surface area contributed by atoms with Gasteiger partial charge in [-0.05, 0) is 50.8 Å². The fourth-order valence-electron chi connectivity index (χ4n) is 6.14. The Kier molecular flexibility index (Phi) is 6.26. The van der Waals surface area contributed by atoms with Crippen LogP contribution in [0.5, 0.6) is 5.75 Å². The summed E-state index contributed by atoms with van der Waals surface area (Å²) in [5.41, 5.74) is -0.154. The highest BCUT2D eigenvalue weighted by Gasteiger charge is 2.57. The minimum Gasteiger partial charge on any atom is -0.487 e. The zero-order valence-electron chi connectivity index (χ0n) is 19.6. The molecule has 3 heterocycles. The van der Waals surface area contributed by atoms with Gasteiger partial charge in [-0.25, -0.2) is 4.39 Å². The van der Waals surface area contributed by atoms with Gasteiger partial charge < -0.3 is 19.5 Å². The number of rotatable bonds is 5. The Hall–Kier alpha value is -2.64. The van der Waals surface area contributed by atoms with Crippen molar-refractivity contribution in [3.05, 3.63) is 64.4 Å². The maximum atomic E-state index is 14.4. The number of halogens is 2. The van der Waals surface area contributed by atoms with Gasteiger partial charge in [0.05, 0.1) is 24.7 Å². The van der Waals surface area contributed by atoms with Crippen molar-refractivity contribution in [3.63, 3.8) is 0 Å². The molecule has 1 amide bonds. The van der Waals surface area contributed by atoms with Gasteiger partial charge in [-0.15, -0.1) is 0 Å². The maximum absolute atomic E-state index is 14.4. The Bertz CT molecular complexity index is 1140. The van der Waals surface area contributed by atoms with Gasteiger partial charge in [0.15, 0.2) is 0 Å². The summed E-state index contributed by atoms with van der Waals surface area (Å²) in [6.45, 7) is 2.88. The molecule has 1 N–H and O–H groups in total. The first kappa shape index (κ1) is 24.1. The van der Waals surface area contributed by atoms with Crippen LogP contribution in [0.2, 0.25) is 5.02 Å². The minimum atomic E-state index is -0.879. The summed E-state index contributed by atoms with van der Waals surface area (Å²) in [5, 5.41) is 9.61. The van der Waals surface area contributed by atoms with Crippen LogP contribution in [-0.4, -0.2) is 46.2 Å². The Morgan fingerprint density at radius 2 is 2.03 bits per heavy atom. The highest BCUT2D eigenvalue weighted by atomic mass is 35.5. The molecule has 35 heavy (non-hydrogen) atoms. The summed E-state index contributed by atoms with van der Waals surface area (Å²) in [7, 11) is 0. The number of carbonyl (C=O) groups excluding carboxylic acids is 1. The zero-order valence-corrected chi connectivity index (χ0v) is 20.4. The molecule has 3 aliphatic rings. The van der Waals surface area contributed by atoms with Crippen molar-refractivity contribution in [1.82, 2.24) is 4.90 Å². The second kappa shape index (κ2) is 9.10. The predicted octanol–water partition coefficient (Wildman–Crippen LogP) is 5.18. The monoisotopic (exact) mass is 501 g/mol. The molecule has 0 unspecified atom stereocenters. The molecule has 6 nitrogen and oxygen atoms in total. The van der Waals surface area contributed by atoms with E-state index in [2.05, 4.69) is 0 Å². The van der Waals surface area contributed by atoms with Gasteiger partial charge >= 0.3 is 5.97 Å². The van der Waals surface area contributed by atoms with Crippen molar-refractivity contribution in [1.29, 1.82) is 0 Å². The van der Waals surface area contributed by atoms with Crippen LogP contribution in [0.1, 0.15) is 56.3 Å². The lowest BCUT2D eigenvalue weighted by molar-refractivity contribution is -0.179. The lowest BCUT2D eigenvalue weighted by atomic mass is 9.68. The average molecular weight is 502 g/mol. The van der Waals surface area contributed by atoms with Gasteiger partial charge in [0.2, 0.25) is 5.91 Å². The summed E-state index contributed by atoms with van der Waals surface area (Å²) < 4.78 is 27.4.